The molecule has 0 saturated carbocycles. The number of anilines is 1. The molecule has 1 unspecified atom stereocenters. The summed E-state index contributed by atoms with van der Waals surface area (Å²) < 4.78 is 27.8. The van der Waals surface area contributed by atoms with Crippen LogP contribution >= 0.6 is 11.6 Å². The van der Waals surface area contributed by atoms with Crippen LogP contribution in [0.1, 0.15) is 30.1 Å². The number of sulfonamides is 1. The van der Waals surface area contributed by atoms with Gasteiger partial charge >= 0.3 is 0 Å². The maximum Gasteiger partial charge on any atom is 0.248 e. The van der Waals surface area contributed by atoms with Crippen molar-refractivity contribution in [2.75, 3.05) is 18.4 Å². The van der Waals surface area contributed by atoms with Gasteiger partial charge in [-0.3, -0.25) is 14.5 Å². The summed E-state index contributed by atoms with van der Waals surface area (Å²) in [7, 11) is -3.62. The summed E-state index contributed by atoms with van der Waals surface area (Å²) in [6.45, 7) is 2.98. The van der Waals surface area contributed by atoms with Crippen molar-refractivity contribution >= 4 is 39.1 Å². The number of benzene rings is 2. The van der Waals surface area contributed by atoms with E-state index in [9.17, 15) is 18.0 Å². The van der Waals surface area contributed by atoms with Gasteiger partial charge in [-0.05, 0) is 68.3 Å². The van der Waals surface area contributed by atoms with Gasteiger partial charge in [0.1, 0.15) is 0 Å². The van der Waals surface area contributed by atoms with Crippen molar-refractivity contribution in [3.05, 3.63) is 59.1 Å². The monoisotopic (exact) mass is 464 g/mol. The van der Waals surface area contributed by atoms with E-state index >= 15 is 0 Å². The lowest BCUT2D eigenvalue weighted by atomic mass is 10.0. The first-order valence-corrected chi connectivity index (χ1v) is 11.7. The van der Waals surface area contributed by atoms with Gasteiger partial charge in [0.15, 0.2) is 0 Å². The molecule has 0 aromatic heterocycles. The molecule has 1 atom stereocenters. The van der Waals surface area contributed by atoms with Crippen molar-refractivity contribution < 1.29 is 18.0 Å². The molecule has 166 valence electrons. The first kappa shape index (κ1) is 23.2. The van der Waals surface area contributed by atoms with Gasteiger partial charge in [0.2, 0.25) is 21.8 Å². The highest BCUT2D eigenvalue weighted by atomic mass is 35.5. The molecule has 4 N–H and O–H groups in total. The van der Waals surface area contributed by atoms with Crippen LogP contribution in [0.2, 0.25) is 5.02 Å². The molecule has 31 heavy (non-hydrogen) atoms. The third-order valence-electron chi connectivity index (χ3n) is 5.34. The van der Waals surface area contributed by atoms with Gasteiger partial charge in [-0.2, -0.15) is 0 Å². The fourth-order valence-electron chi connectivity index (χ4n) is 3.44. The second kappa shape index (κ2) is 9.78. The Morgan fingerprint density at radius 3 is 2.19 bits per heavy atom. The first-order valence-electron chi connectivity index (χ1n) is 9.88. The lowest BCUT2D eigenvalue weighted by molar-refractivity contribution is -0.121. The largest absolute Gasteiger partial charge is 0.366 e. The molecule has 0 spiro atoms. The average Bonchev–Trinajstić information content (AvgIpc) is 2.74. The summed E-state index contributed by atoms with van der Waals surface area (Å²) in [6, 6.07) is 11.8. The van der Waals surface area contributed by atoms with Crippen LogP contribution in [-0.4, -0.2) is 50.3 Å². The number of rotatable bonds is 7. The highest BCUT2D eigenvalue weighted by molar-refractivity contribution is 7.89. The van der Waals surface area contributed by atoms with Crippen molar-refractivity contribution in [2.45, 2.75) is 36.7 Å². The maximum absolute atomic E-state index is 12.6. The SMILES string of the molecule is CC(C(=O)Nc1ccc(C(N)=O)cc1)N1CCC(NS(=O)(=O)c2ccc(Cl)cc2)CC1. The molecule has 1 aliphatic rings. The van der Waals surface area contributed by atoms with Gasteiger partial charge < -0.3 is 11.1 Å². The maximum atomic E-state index is 12.6. The molecule has 0 radical (unpaired) electrons. The van der Waals surface area contributed by atoms with Crippen LogP contribution in [0.4, 0.5) is 5.69 Å². The number of nitrogens with zero attached hydrogens (tertiary/aromatic N) is 1. The topological polar surface area (TPSA) is 122 Å². The van der Waals surface area contributed by atoms with E-state index in [0.29, 0.717) is 42.2 Å². The number of primary amides is 1. The van der Waals surface area contributed by atoms with Crippen LogP contribution < -0.4 is 15.8 Å². The van der Waals surface area contributed by atoms with E-state index < -0.39 is 15.9 Å². The number of hydrogen-bond acceptors (Lipinski definition) is 5. The average molecular weight is 465 g/mol. The first-order chi connectivity index (χ1) is 14.7. The lowest BCUT2D eigenvalue weighted by Crippen LogP contribution is -2.50. The number of carbonyl (C=O) groups is 2. The van der Waals surface area contributed by atoms with Gasteiger partial charge in [0.05, 0.1) is 10.9 Å². The normalized spacial score (nSPS) is 16.6. The summed E-state index contributed by atoms with van der Waals surface area (Å²) in [5, 5.41) is 3.30. The molecule has 8 nitrogen and oxygen atoms in total. The van der Waals surface area contributed by atoms with Crippen molar-refractivity contribution in [1.29, 1.82) is 0 Å². The minimum absolute atomic E-state index is 0.174. The summed E-state index contributed by atoms with van der Waals surface area (Å²) >= 11 is 5.82. The van der Waals surface area contributed by atoms with Crippen molar-refractivity contribution in [1.82, 2.24) is 9.62 Å². The van der Waals surface area contributed by atoms with Crippen molar-refractivity contribution in [3.8, 4) is 0 Å². The highest BCUT2D eigenvalue weighted by Crippen LogP contribution is 2.19. The summed E-state index contributed by atoms with van der Waals surface area (Å²) in [5.41, 5.74) is 6.16. The third-order valence-corrected chi connectivity index (χ3v) is 7.13. The zero-order valence-electron chi connectivity index (χ0n) is 17.0. The number of piperidine rings is 1. The van der Waals surface area contributed by atoms with Crippen molar-refractivity contribution in [2.24, 2.45) is 5.73 Å². The van der Waals surface area contributed by atoms with Crippen LogP contribution in [0.5, 0.6) is 0 Å². The minimum atomic E-state index is -3.62. The Bertz CT molecular complexity index is 1030. The summed E-state index contributed by atoms with van der Waals surface area (Å²) in [5.74, 6) is -0.701. The predicted octanol–water partition coefficient (Wildman–Crippen LogP) is 2.21. The van der Waals surface area contributed by atoms with Crippen LogP contribution in [0, 0.1) is 0 Å². The van der Waals surface area contributed by atoms with E-state index in [1.165, 1.54) is 12.1 Å². The molecular weight excluding hydrogens is 440 g/mol. The molecule has 1 heterocycles. The number of nitrogens with one attached hydrogen (secondary N) is 2. The molecule has 3 rings (SSSR count). The van der Waals surface area contributed by atoms with E-state index in [1.807, 2.05) is 11.8 Å². The Morgan fingerprint density at radius 2 is 1.65 bits per heavy atom. The Labute approximate surface area is 186 Å². The van der Waals surface area contributed by atoms with Crippen LogP contribution in [0.15, 0.2) is 53.4 Å². The fourth-order valence-corrected chi connectivity index (χ4v) is 4.87. The second-order valence-electron chi connectivity index (χ2n) is 7.49. The van der Waals surface area contributed by atoms with Gasteiger partial charge in [-0.25, -0.2) is 13.1 Å². The highest BCUT2D eigenvalue weighted by Gasteiger charge is 2.29. The zero-order valence-corrected chi connectivity index (χ0v) is 18.6. The lowest BCUT2D eigenvalue weighted by Gasteiger charge is -2.35. The van der Waals surface area contributed by atoms with E-state index in [2.05, 4.69) is 10.0 Å². The second-order valence-corrected chi connectivity index (χ2v) is 9.64. The van der Waals surface area contributed by atoms with Crippen LogP contribution in [-0.2, 0) is 14.8 Å². The smallest absolute Gasteiger partial charge is 0.248 e. The van der Waals surface area contributed by atoms with E-state index in [-0.39, 0.29) is 22.9 Å². The minimum Gasteiger partial charge on any atom is -0.366 e. The number of carbonyl (C=O) groups excluding carboxylic acids is 2. The van der Waals surface area contributed by atoms with Gasteiger partial charge in [-0.15, -0.1) is 0 Å². The number of likely N-dealkylation sites (tertiary alicyclic amines) is 1. The Morgan fingerprint density at radius 1 is 1.06 bits per heavy atom. The number of hydrogen-bond donors (Lipinski definition) is 3. The molecule has 1 fully saturated rings. The molecule has 1 saturated heterocycles. The van der Waals surface area contributed by atoms with Gasteiger partial charge in [0.25, 0.3) is 0 Å². The molecule has 2 aromatic carbocycles. The van der Waals surface area contributed by atoms with E-state index in [0.717, 1.165) is 0 Å². The molecule has 1 aliphatic heterocycles. The Kier molecular flexibility index (Phi) is 7.32. The molecule has 10 heteroatoms. The quantitative estimate of drug-likeness (QED) is 0.580. The van der Waals surface area contributed by atoms with Crippen molar-refractivity contribution in [3.63, 3.8) is 0 Å². The van der Waals surface area contributed by atoms with E-state index in [1.54, 1.807) is 36.4 Å². The Hall–Kier alpha value is -2.46. The standard InChI is InChI=1S/C21H25ClN4O4S/c1-14(21(28)24-17-6-2-15(3-7-17)20(23)27)26-12-10-18(11-13-26)25-31(29,30)19-8-4-16(22)5-9-19/h2-9,14,18,25H,10-13H2,1H3,(H2,23,27)(H,24,28). The van der Waals surface area contributed by atoms with Crippen LogP contribution in [0.25, 0.3) is 0 Å². The predicted molar refractivity (Wildman–Crippen MR) is 119 cm³/mol. The van der Waals surface area contributed by atoms with E-state index in [4.69, 9.17) is 17.3 Å². The molecular formula is C21H25ClN4O4S. The number of halogens is 1. The molecule has 0 aliphatic carbocycles. The molecule has 2 aromatic rings. The molecule has 2 amide bonds. The van der Waals surface area contributed by atoms with Crippen LogP contribution in [0.3, 0.4) is 0 Å². The zero-order chi connectivity index (χ0) is 22.6. The van der Waals surface area contributed by atoms with Gasteiger partial charge in [-0.1, -0.05) is 11.6 Å². The number of amides is 2. The Balaban J connectivity index is 1.51. The summed E-state index contributed by atoms with van der Waals surface area (Å²) in [4.78, 5) is 25.9. The summed E-state index contributed by atoms with van der Waals surface area (Å²) in [6.07, 6.45) is 1.19. The number of nitrogens with two attached hydrogens (primary N) is 1. The molecule has 0 bridgehead atoms. The van der Waals surface area contributed by atoms with Gasteiger partial charge in [0, 0.05) is 35.4 Å². The third kappa shape index (κ3) is 6.04. The fraction of sp³-hybridized carbons (Fsp3) is 0.333.